The van der Waals surface area contributed by atoms with E-state index < -0.39 is 34.1 Å². The molecule has 0 radical (unpaired) electrons. The second-order valence-electron chi connectivity index (χ2n) is 6.32. The van der Waals surface area contributed by atoms with Crippen LogP contribution in [0.5, 0.6) is 5.75 Å². The van der Waals surface area contributed by atoms with Crippen LogP contribution < -0.4 is 4.74 Å². The summed E-state index contributed by atoms with van der Waals surface area (Å²) in [6.45, 7) is 1.41. The van der Waals surface area contributed by atoms with Crippen LogP contribution in [0.2, 0.25) is 0 Å². The Labute approximate surface area is 159 Å². The van der Waals surface area contributed by atoms with Crippen molar-refractivity contribution in [3.63, 3.8) is 0 Å². The third-order valence-corrected chi connectivity index (χ3v) is 5.05. The first-order valence-electron chi connectivity index (χ1n) is 8.25. The normalized spacial score (nSPS) is 19.6. The number of nitrogens with zero attached hydrogens (tertiary/aromatic N) is 2. The van der Waals surface area contributed by atoms with Crippen molar-refractivity contribution >= 4 is 17.6 Å². The summed E-state index contributed by atoms with van der Waals surface area (Å²) < 4.78 is 20.0. The molecule has 10 heteroatoms. The minimum atomic E-state index is -1.81. The highest BCUT2D eigenvalue weighted by atomic mass is 16.6. The van der Waals surface area contributed by atoms with E-state index in [0.717, 1.165) is 14.2 Å². The second-order valence-corrected chi connectivity index (χ2v) is 6.32. The van der Waals surface area contributed by atoms with Gasteiger partial charge in [0.2, 0.25) is 5.76 Å². The molecular formula is C18H18N2O8. The SMILES string of the molecule is COC(=O)C1(C(=O)OC)[C@H](c2ccc(OC)cc2)[C@H]1c1onc(C)c1[N+](=O)[O-]. The minimum absolute atomic E-state index is 0.0454. The van der Waals surface area contributed by atoms with Crippen LogP contribution in [0.1, 0.15) is 28.9 Å². The van der Waals surface area contributed by atoms with Gasteiger partial charge in [-0.05, 0) is 24.6 Å². The first kappa shape index (κ1) is 19.3. The van der Waals surface area contributed by atoms with E-state index in [2.05, 4.69) is 5.16 Å². The van der Waals surface area contributed by atoms with Gasteiger partial charge in [-0.2, -0.15) is 0 Å². The predicted molar refractivity (Wildman–Crippen MR) is 92.8 cm³/mol. The highest BCUT2D eigenvalue weighted by Gasteiger charge is 2.80. The summed E-state index contributed by atoms with van der Waals surface area (Å²) in [6.07, 6.45) is 0. The Morgan fingerprint density at radius 2 is 1.68 bits per heavy atom. The Morgan fingerprint density at radius 1 is 1.11 bits per heavy atom. The van der Waals surface area contributed by atoms with Gasteiger partial charge in [-0.25, -0.2) is 0 Å². The Morgan fingerprint density at radius 3 is 2.14 bits per heavy atom. The third-order valence-electron chi connectivity index (χ3n) is 5.05. The average molecular weight is 390 g/mol. The smallest absolute Gasteiger partial charge is 0.334 e. The number of hydrogen-bond donors (Lipinski definition) is 0. The summed E-state index contributed by atoms with van der Waals surface area (Å²) >= 11 is 0. The maximum Gasteiger partial charge on any atom is 0.334 e. The molecule has 0 unspecified atom stereocenters. The van der Waals surface area contributed by atoms with Gasteiger partial charge in [0, 0.05) is 5.92 Å². The van der Waals surface area contributed by atoms with E-state index in [0.29, 0.717) is 11.3 Å². The summed E-state index contributed by atoms with van der Waals surface area (Å²) in [4.78, 5) is 36.3. The fraction of sp³-hybridized carbons (Fsp3) is 0.389. The van der Waals surface area contributed by atoms with Crippen LogP contribution in [-0.4, -0.2) is 43.3 Å². The van der Waals surface area contributed by atoms with Crippen molar-refractivity contribution in [2.24, 2.45) is 5.41 Å². The fourth-order valence-corrected chi connectivity index (χ4v) is 3.75. The van der Waals surface area contributed by atoms with Crippen LogP contribution in [0, 0.1) is 22.5 Å². The molecule has 0 aliphatic heterocycles. The van der Waals surface area contributed by atoms with Gasteiger partial charge in [0.25, 0.3) is 0 Å². The van der Waals surface area contributed by atoms with Crippen molar-refractivity contribution in [2.75, 3.05) is 21.3 Å². The maximum absolute atomic E-state index is 12.7. The molecule has 0 N–H and O–H groups in total. The van der Waals surface area contributed by atoms with Crippen molar-refractivity contribution < 1.29 is 33.2 Å². The van der Waals surface area contributed by atoms with Crippen LogP contribution in [0.25, 0.3) is 0 Å². The Kier molecular flexibility index (Phi) is 4.80. The monoisotopic (exact) mass is 390 g/mol. The third kappa shape index (κ3) is 2.60. The van der Waals surface area contributed by atoms with Crippen LogP contribution in [0.15, 0.2) is 28.8 Å². The Balaban J connectivity index is 2.20. The second kappa shape index (κ2) is 6.95. The largest absolute Gasteiger partial charge is 0.497 e. The lowest BCUT2D eigenvalue weighted by atomic mass is 9.98. The molecule has 1 heterocycles. The van der Waals surface area contributed by atoms with Crippen molar-refractivity contribution in [2.45, 2.75) is 18.8 Å². The molecule has 1 aliphatic rings. The molecule has 0 saturated heterocycles. The van der Waals surface area contributed by atoms with E-state index >= 15 is 0 Å². The first-order valence-corrected chi connectivity index (χ1v) is 8.25. The van der Waals surface area contributed by atoms with Crippen LogP contribution in [-0.2, 0) is 19.1 Å². The van der Waals surface area contributed by atoms with E-state index in [1.54, 1.807) is 24.3 Å². The fourth-order valence-electron chi connectivity index (χ4n) is 3.75. The maximum atomic E-state index is 12.7. The number of aryl methyl sites for hydroxylation is 1. The lowest BCUT2D eigenvalue weighted by molar-refractivity contribution is -0.386. The molecule has 1 aromatic heterocycles. The van der Waals surface area contributed by atoms with Gasteiger partial charge in [0.15, 0.2) is 11.1 Å². The number of nitro groups is 1. The molecule has 2 atom stereocenters. The van der Waals surface area contributed by atoms with Gasteiger partial charge in [0.1, 0.15) is 5.75 Å². The summed E-state index contributed by atoms with van der Waals surface area (Å²) in [6, 6.07) is 6.65. The topological polar surface area (TPSA) is 131 Å². The number of rotatable bonds is 6. The standard InChI is InChI=1S/C18H18N2O8/c1-9-14(20(23)24)15(28-19-9)13-12(10-5-7-11(25-2)8-6-10)18(13,16(21)26-3)17(22)27-4/h5-8,12-13H,1-4H3/t12-,13+/m1/s1. The number of carbonyl (C=O) groups is 2. The zero-order chi connectivity index (χ0) is 20.6. The van der Waals surface area contributed by atoms with Crippen LogP contribution >= 0.6 is 0 Å². The van der Waals surface area contributed by atoms with Crippen molar-refractivity contribution in [3.8, 4) is 5.75 Å². The highest BCUT2D eigenvalue weighted by Crippen LogP contribution is 2.72. The van der Waals surface area contributed by atoms with Crippen molar-refractivity contribution in [1.29, 1.82) is 0 Å². The molecule has 1 fully saturated rings. The van der Waals surface area contributed by atoms with E-state index in [-0.39, 0.29) is 17.1 Å². The minimum Gasteiger partial charge on any atom is -0.497 e. The molecule has 1 aromatic carbocycles. The van der Waals surface area contributed by atoms with E-state index in [1.807, 2.05) is 0 Å². The molecule has 10 nitrogen and oxygen atoms in total. The number of methoxy groups -OCH3 is 3. The van der Waals surface area contributed by atoms with Gasteiger partial charge < -0.3 is 18.7 Å². The predicted octanol–water partition coefficient (Wildman–Crippen LogP) is 2.11. The lowest BCUT2D eigenvalue weighted by Crippen LogP contribution is -2.31. The van der Waals surface area contributed by atoms with Gasteiger partial charge in [-0.3, -0.25) is 19.7 Å². The highest BCUT2D eigenvalue weighted by molar-refractivity contribution is 6.07. The van der Waals surface area contributed by atoms with Crippen molar-refractivity contribution in [1.82, 2.24) is 5.16 Å². The summed E-state index contributed by atoms with van der Waals surface area (Å²) in [5.41, 5.74) is -1.57. The quantitative estimate of drug-likeness (QED) is 0.315. The summed E-state index contributed by atoms with van der Waals surface area (Å²) in [5.74, 6) is -3.11. The molecular weight excluding hydrogens is 372 g/mol. The van der Waals surface area contributed by atoms with Crippen LogP contribution in [0.3, 0.4) is 0 Å². The molecule has 1 aliphatic carbocycles. The molecule has 0 amide bonds. The number of esters is 2. The molecule has 148 valence electrons. The van der Waals surface area contributed by atoms with Gasteiger partial charge in [0.05, 0.1) is 32.2 Å². The van der Waals surface area contributed by atoms with Gasteiger partial charge in [-0.15, -0.1) is 0 Å². The number of carbonyl (C=O) groups excluding carboxylic acids is 2. The van der Waals surface area contributed by atoms with E-state index in [9.17, 15) is 19.7 Å². The zero-order valence-corrected chi connectivity index (χ0v) is 15.6. The number of benzene rings is 1. The van der Waals surface area contributed by atoms with E-state index in [1.165, 1.54) is 14.0 Å². The molecule has 3 rings (SSSR count). The molecule has 1 saturated carbocycles. The number of hydrogen-bond acceptors (Lipinski definition) is 9. The zero-order valence-electron chi connectivity index (χ0n) is 15.6. The summed E-state index contributed by atoms with van der Waals surface area (Å²) in [7, 11) is 3.77. The molecule has 28 heavy (non-hydrogen) atoms. The molecule has 2 aromatic rings. The lowest BCUT2D eigenvalue weighted by Gasteiger charge is -2.13. The van der Waals surface area contributed by atoms with Gasteiger partial charge >= 0.3 is 17.6 Å². The van der Waals surface area contributed by atoms with Crippen molar-refractivity contribution in [3.05, 3.63) is 51.4 Å². The van der Waals surface area contributed by atoms with Gasteiger partial charge in [-0.1, -0.05) is 17.3 Å². The van der Waals surface area contributed by atoms with Crippen LogP contribution in [0.4, 0.5) is 5.69 Å². The average Bonchev–Trinajstić information content (AvgIpc) is 3.25. The molecule has 0 bridgehead atoms. The Bertz CT molecular complexity index is 918. The molecule has 0 spiro atoms. The number of ether oxygens (including phenoxy) is 3. The Hall–Kier alpha value is -3.43. The van der Waals surface area contributed by atoms with E-state index in [4.69, 9.17) is 18.7 Å². The first-order chi connectivity index (χ1) is 13.3. The summed E-state index contributed by atoms with van der Waals surface area (Å²) in [5, 5.41) is 15.2. The number of aromatic nitrogens is 1.